The Morgan fingerprint density at radius 2 is 1.58 bits per heavy atom. The Morgan fingerprint density at radius 1 is 0.968 bits per heavy atom. The molecule has 1 amide bonds. The fourth-order valence-corrected chi connectivity index (χ4v) is 4.11. The summed E-state index contributed by atoms with van der Waals surface area (Å²) in [5.41, 5.74) is 9.17. The highest BCUT2D eigenvalue weighted by Crippen LogP contribution is 2.24. The summed E-state index contributed by atoms with van der Waals surface area (Å²) in [6.45, 7) is 0.955. The van der Waals surface area contributed by atoms with Gasteiger partial charge >= 0.3 is 0 Å². The number of amides is 1. The van der Waals surface area contributed by atoms with Gasteiger partial charge in [0.2, 0.25) is 10.0 Å². The molecule has 3 aromatic carbocycles. The molecule has 0 heterocycles. The molecular weight excluding hydrogens is 434 g/mol. The van der Waals surface area contributed by atoms with Gasteiger partial charge in [-0.2, -0.15) is 0 Å². The van der Waals surface area contributed by atoms with Crippen molar-refractivity contribution in [1.82, 2.24) is 5.32 Å². The van der Waals surface area contributed by atoms with Gasteiger partial charge in [-0.3, -0.25) is 9.10 Å². The second-order valence-electron chi connectivity index (χ2n) is 7.11. The van der Waals surface area contributed by atoms with Crippen molar-refractivity contribution in [3.63, 3.8) is 0 Å². The minimum absolute atomic E-state index is 0.100. The number of rotatable bonds is 8. The Bertz CT molecular complexity index is 1150. The fourth-order valence-electron chi connectivity index (χ4n) is 3.04. The molecule has 3 rings (SSSR count). The first-order valence-corrected chi connectivity index (χ1v) is 11.9. The average Bonchev–Trinajstić information content (AvgIpc) is 2.76. The third-order valence-electron chi connectivity index (χ3n) is 4.80. The summed E-state index contributed by atoms with van der Waals surface area (Å²) in [5.74, 6) is -0.244. The largest absolute Gasteiger partial charge is 0.348 e. The van der Waals surface area contributed by atoms with Crippen LogP contribution in [-0.2, 0) is 29.7 Å². The van der Waals surface area contributed by atoms with Crippen molar-refractivity contribution in [2.24, 2.45) is 5.73 Å². The Morgan fingerprint density at radius 3 is 2.16 bits per heavy atom. The number of benzene rings is 3. The third kappa shape index (κ3) is 6.07. The van der Waals surface area contributed by atoms with E-state index in [1.165, 1.54) is 4.31 Å². The van der Waals surface area contributed by atoms with Crippen molar-refractivity contribution in [1.29, 1.82) is 0 Å². The van der Waals surface area contributed by atoms with Crippen LogP contribution in [0, 0.1) is 0 Å². The van der Waals surface area contributed by atoms with Crippen LogP contribution in [0.4, 0.5) is 5.69 Å². The van der Waals surface area contributed by atoms with E-state index < -0.39 is 10.0 Å². The molecule has 3 N–H and O–H groups in total. The number of carbonyl (C=O) groups excluding carboxylic acids is 1. The topological polar surface area (TPSA) is 92.5 Å². The standard InChI is InChI=1S/C23H24ClN3O3S/c1-31(29,30)27(16-20-4-2-3-5-22(20)24)21-12-10-19(11-13-21)23(28)26-15-18-8-6-17(14-25)7-9-18/h2-13H,14-16,25H2,1H3,(H,26,28). The molecule has 0 bridgehead atoms. The number of hydrogen-bond acceptors (Lipinski definition) is 4. The van der Waals surface area contributed by atoms with Gasteiger partial charge in [-0.25, -0.2) is 8.42 Å². The molecular formula is C23H24ClN3O3S. The van der Waals surface area contributed by atoms with Crippen molar-refractivity contribution >= 4 is 33.2 Å². The molecule has 31 heavy (non-hydrogen) atoms. The van der Waals surface area contributed by atoms with Crippen molar-refractivity contribution in [2.45, 2.75) is 19.6 Å². The van der Waals surface area contributed by atoms with Gasteiger partial charge in [0.25, 0.3) is 5.91 Å². The monoisotopic (exact) mass is 457 g/mol. The molecule has 8 heteroatoms. The van der Waals surface area contributed by atoms with E-state index in [0.717, 1.165) is 17.4 Å². The molecule has 0 aliphatic rings. The van der Waals surface area contributed by atoms with Crippen LogP contribution in [0.5, 0.6) is 0 Å². The molecule has 0 aliphatic heterocycles. The summed E-state index contributed by atoms with van der Waals surface area (Å²) < 4.78 is 26.0. The van der Waals surface area contributed by atoms with Gasteiger partial charge in [-0.05, 0) is 47.0 Å². The van der Waals surface area contributed by atoms with Crippen LogP contribution in [-0.4, -0.2) is 20.6 Å². The second kappa shape index (κ2) is 9.96. The van der Waals surface area contributed by atoms with Crippen LogP contribution in [0.2, 0.25) is 5.02 Å². The molecule has 0 spiro atoms. The maximum Gasteiger partial charge on any atom is 0.251 e. The molecule has 0 fully saturated rings. The molecule has 6 nitrogen and oxygen atoms in total. The zero-order chi connectivity index (χ0) is 22.4. The van der Waals surface area contributed by atoms with Crippen LogP contribution in [0.25, 0.3) is 0 Å². The van der Waals surface area contributed by atoms with E-state index >= 15 is 0 Å². The molecule has 0 aromatic heterocycles. The van der Waals surface area contributed by atoms with E-state index in [1.807, 2.05) is 24.3 Å². The van der Waals surface area contributed by atoms with Gasteiger partial charge in [0.1, 0.15) is 0 Å². The molecule has 0 saturated carbocycles. The van der Waals surface area contributed by atoms with Crippen molar-refractivity contribution in [3.8, 4) is 0 Å². The normalized spacial score (nSPS) is 11.2. The minimum Gasteiger partial charge on any atom is -0.348 e. The lowest BCUT2D eigenvalue weighted by molar-refractivity contribution is 0.0951. The summed E-state index contributed by atoms with van der Waals surface area (Å²) >= 11 is 6.19. The summed E-state index contributed by atoms with van der Waals surface area (Å²) in [5, 5.41) is 3.35. The van der Waals surface area contributed by atoms with E-state index in [2.05, 4.69) is 5.32 Å². The Balaban J connectivity index is 1.71. The number of nitrogens with two attached hydrogens (primary N) is 1. The zero-order valence-corrected chi connectivity index (χ0v) is 18.7. The van der Waals surface area contributed by atoms with Crippen LogP contribution >= 0.6 is 11.6 Å². The van der Waals surface area contributed by atoms with Crippen molar-refractivity contribution in [3.05, 3.63) is 100 Å². The van der Waals surface area contributed by atoms with Crippen molar-refractivity contribution in [2.75, 3.05) is 10.6 Å². The first-order chi connectivity index (χ1) is 14.8. The second-order valence-corrected chi connectivity index (χ2v) is 9.43. The van der Waals surface area contributed by atoms with Crippen LogP contribution in [0.15, 0.2) is 72.8 Å². The Labute approximate surface area is 187 Å². The molecule has 0 atom stereocenters. The molecule has 0 saturated heterocycles. The lowest BCUT2D eigenvalue weighted by Crippen LogP contribution is -2.29. The Hall–Kier alpha value is -2.87. The van der Waals surface area contributed by atoms with E-state index in [4.69, 9.17) is 17.3 Å². The number of halogens is 1. The third-order valence-corrected chi connectivity index (χ3v) is 6.31. The number of carbonyl (C=O) groups is 1. The van der Waals surface area contributed by atoms with Crippen LogP contribution in [0.1, 0.15) is 27.0 Å². The van der Waals surface area contributed by atoms with E-state index in [0.29, 0.717) is 34.9 Å². The van der Waals surface area contributed by atoms with Gasteiger partial charge in [-0.15, -0.1) is 0 Å². The molecule has 162 valence electrons. The highest BCUT2D eigenvalue weighted by molar-refractivity contribution is 7.92. The van der Waals surface area contributed by atoms with Gasteiger partial charge in [-0.1, -0.05) is 54.1 Å². The molecule has 0 radical (unpaired) electrons. The number of nitrogens with one attached hydrogen (secondary N) is 1. The number of nitrogens with zero attached hydrogens (tertiary/aromatic N) is 1. The predicted molar refractivity (Wildman–Crippen MR) is 124 cm³/mol. The van der Waals surface area contributed by atoms with Gasteiger partial charge in [0, 0.05) is 23.7 Å². The lowest BCUT2D eigenvalue weighted by Gasteiger charge is -2.23. The lowest BCUT2D eigenvalue weighted by atomic mass is 10.1. The summed E-state index contributed by atoms with van der Waals surface area (Å²) in [6, 6.07) is 21.2. The van der Waals surface area contributed by atoms with Gasteiger partial charge < -0.3 is 11.1 Å². The smallest absolute Gasteiger partial charge is 0.251 e. The fraction of sp³-hybridized carbons (Fsp3) is 0.174. The van der Waals surface area contributed by atoms with E-state index in [9.17, 15) is 13.2 Å². The number of anilines is 1. The number of sulfonamides is 1. The summed E-state index contributed by atoms with van der Waals surface area (Å²) in [7, 11) is -3.55. The number of hydrogen-bond donors (Lipinski definition) is 2. The molecule has 3 aromatic rings. The highest BCUT2D eigenvalue weighted by atomic mass is 35.5. The summed E-state index contributed by atoms with van der Waals surface area (Å²) in [6.07, 6.45) is 1.14. The highest BCUT2D eigenvalue weighted by Gasteiger charge is 2.19. The SMILES string of the molecule is CS(=O)(=O)N(Cc1ccccc1Cl)c1ccc(C(=O)NCc2ccc(CN)cc2)cc1. The average molecular weight is 458 g/mol. The van der Waals surface area contributed by atoms with E-state index in [-0.39, 0.29) is 12.5 Å². The van der Waals surface area contributed by atoms with E-state index in [1.54, 1.807) is 48.5 Å². The maximum atomic E-state index is 12.5. The minimum atomic E-state index is -3.55. The zero-order valence-electron chi connectivity index (χ0n) is 17.1. The molecule has 0 aliphatic carbocycles. The van der Waals surface area contributed by atoms with Crippen LogP contribution < -0.4 is 15.4 Å². The van der Waals surface area contributed by atoms with Gasteiger partial charge in [0.15, 0.2) is 0 Å². The first-order valence-electron chi connectivity index (χ1n) is 9.65. The van der Waals surface area contributed by atoms with Gasteiger partial charge in [0.05, 0.1) is 18.5 Å². The quantitative estimate of drug-likeness (QED) is 0.539. The summed E-state index contributed by atoms with van der Waals surface area (Å²) in [4.78, 5) is 12.5. The first kappa shape index (κ1) is 22.8. The Kier molecular flexibility index (Phi) is 7.33. The van der Waals surface area contributed by atoms with Crippen LogP contribution in [0.3, 0.4) is 0 Å². The maximum absolute atomic E-state index is 12.5. The predicted octanol–water partition coefficient (Wildman–Crippen LogP) is 3.69. The molecule has 0 unspecified atom stereocenters. The van der Waals surface area contributed by atoms with Crippen molar-refractivity contribution < 1.29 is 13.2 Å².